The Morgan fingerprint density at radius 2 is 0.662 bits per heavy atom. The van der Waals surface area contributed by atoms with Crippen molar-refractivity contribution in [2.45, 2.75) is 146 Å². The average Bonchev–Trinajstić information content (AvgIpc) is 3.28. The van der Waals surface area contributed by atoms with Crippen molar-refractivity contribution < 1.29 is 90.7 Å². The molecule has 0 aromatic heterocycles. The summed E-state index contributed by atoms with van der Waals surface area (Å²) in [5.41, 5.74) is -0.209. The molecule has 0 aliphatic carbocycles. The smallest absolute Gasteiger partial charge is 0.112 e. The molecule has 0 aromatic carbocycles. The lowest BCUT2D eigenvalue weighted by atomic mass is 9.70. The van der Waals surface area contributed by atoms with Gasteiger partial charge in [-0.3, -0.25) is 0 Å². The number of aliphatic hydroxyl groups is 2. The lowest BCUT2D eigenvalue weighted by Gasteiger charge is -2.49. The van der Waals surface area contributed by atoms with Gasteiger partial charge in [-0.2, -0.15) is 0 Å². The number of ether oxygens (including phenoxy) is 17. The first kappa shape index (κ1) is 59.8. The van der Waals surface area contributed by atoms with E-state index in [4.69, 9.17) is 80.5 Å². The van der Waals surface area contributed by atoms with Crippen LogP contribution in [0.4, 0.5) is 0 Å². The summed E-state index contributed by atoms with van der Waals surface area (Å²) in [5, 5.41) is 23.1. The second-order valence-electron chi connectivity index (χ2n) is 21.1. The van der Waals surface area contributed by atoms with Crippen LogP contribution >= 0.6 is 0 Å². The maximum absolute atomic E-state index is 11.7. The summed E-state index contributed by atoms with van der Waals surface area (Å²) in [6, 6.07) is 0. The Morgan fingerprint density at radius 3 is 1.04 bits per heavy atom. The predicted molar refractivity (Wildman–Crippen MR) is 249 cm³/mol. The zero-order chi connectivity index (χ0) is 50.3. The minimum Gasteiger partial charge on any atom is -0.388 e. The van der Waals surface area contributed by atoms with Gasteiger partial charge in [-0.15, -0.1) is 0 Å². The lowest BCUT2D eigenvalue weighted by molar-refractivity contribution is -0.262. The van der Waals surface area contributed by atoms with Gasteiger partial charge in [0.2, 0.25) is 0 Å². The van der Waals surface area contributed by atoms with E-state index in [1.165, 1.54) is 0 Å². The normalized spacial score (nSPS) is 39.6. The molecule has 2 N–H and O–H groups in total. The Labute approximate surface area is 407 Å². The fourth-order valence-electron chi connectivity index (χ4n) is 11.1. The molecular formula is C49H92O19. The summed E-state index contributed by atoms with van der Waals surface area (Å²) in [6.45, 7) is 14.9. The molecule has 0 amide bonds. The number of hydrogen-bond donors (Lipinski definition) is 2. The second-order valence-corrected chi connectivity index (χ2v) is 21.1. The van der Waals surface area contributed by atoms with Crippen molar-refractivity contribution in [3.05, 3.63) is 0 Å². The molecular weight excluding hydrogens is 893 g/mol. The number of hydrogen-bond acceptors (Lipinski definition) is 19. The zero-order valence-electron chi connectivity index (χ0n) is 44.2. The van der Waals surface area contributed by atoms with Crippen molar-refractivity contribution in [1.82, 2.24) is 0 Å². The topological polar surface area (TPSA) is 197 Å². The van der Waals surface area contributed by atoms with Gasteiger partial charge in [-0.25, -0.2) is 0 Å². The maximum Gasteiger partial charge on any atom is 0.112 e. The summed E-state index contributed by atoms with van der Waals surface area (Å²) in [5.74, 6) is -1.06. The average molecular weight is 985 g/mol. The number of methoxy groups -OCH3 is 10. The van der Waals surface area contributed by atoms with E-state index in [1.54, 1.807) is 71.1 Å². The largest absolute Gasteiger partial charge is 0.388 e. The van der Waals surface area contributed by atoms with Crippen molar-refractivity contribution in [2.24, 2.45) is 34.5 Å². The first-order chi connectivity index (χ1) is 32.4. The molecule has 402 valence electrons. The van der Waals surface area contributed by atoms with E-state index < -0.39 is 73.1 Å². The SMILES string of the molecule is COCC1OC(COCC2C(COC)OC(COCC3C(COC)OC(CC(C)(C)C)C(OC)C3OC)C(OC)C2OC)C(O)C(OC)C1COCC1OC(COC)C(C(C)(C)C)C(OC)C1O. The molecule has 19 heteroatoms. The fraction of sp³-hybridized carbons (Fsp3) is 1.00. The zero-order valence-corrected chi connectivity index (χ0v) is 44.2. The highest BCUT2D eigenvalue weighted by Crippen LogP contribution is 2.41. The van der Waals surface area contributed by atoms with Crippen molar-refractivity contribution in [3.63, 3.8) is 0 Å². The molecule has 4 heterocycles. The Bertz CT molecular complexity index is 1370. The lowest BCUT2D eigenvalue weighted by Crippen LogP contribution is -2.61. The van der Waals surface area contributed by atoms with Gasteiger partial charge in [-0.05, 0) is 17.3 Å². The van der Waals surface area contributed by atoms with Gasteiger partial charge < -0.3 is 90.7 Å². The van der Waals surface area contributed by atoms with Crippen LogP contribution in [0.5, 0.6) is 0 Å². The van der Waals surface area contributed by atoms with Crippen LogP contribution < -0.4 is 0 Å². The van der Waals surface area contributed by atoms with Crippen molar-refractivity contribution in [1.29, 1.82) is 0 Å². The van der Waals surface area contributed by atoms with Crippen LogP contribution in [0.2, 0.25) is 0 Å². The van der Waals surface area contributed by atoms with Gasteiger partial charge >= 0.3 is 0 Å². The molecule has 68 heavy (non-hydrogen) atoms. The minimum atomic E-state index is -1.07. The van der Waals surface area contributed by atoms with Crippen LogP contribution in [0.1, 0.15) is 48.0 Å². The third-order valence-electron chi connectivity index (χ3n) is 14.2. The number of rotatable bonds is 27. The molecule has 20 atom stereocenters. The highest BCUT2D eigenvalue weighted by atomic mass is 16.6. The van der Waals surface area contributed by atoms with Gasteiger partial charge in [0.1, 0.15) is 42.7 Å². The Morgan fingerprint density at radius 1 is 0.338 bits per heavy atom. The standard InChI is InChI=1S/C49H92O19/c1-48(2,3)17-31-45(59-14)43(57-12)29(33(65-31)22-53-8)20-64-27-38-46(60-15)44(58-13)30(34(67-38)23-54-9)19-63-25-36-40(50)42(56-11)28(32(66-36)21-52-7)18-62-26-37-41(51)47(61-16)39(49(4,5)6)35(68-37)24-55-10/h28-47,50-51H,17-27H2,1-16H3. The highest BCUT2D eigenvalue weighted by molar-refractivity contribution is 5.00. The molecule has 0 saturated carbocycles. The molecule has 4 aliphatic rings. The van der Waals surface area contributed by atoms with Crippen LogP contribution in [0.15, 0.2) is 0 Å². The molecule has 4 saturated heterocycles. The molecule has 0 radical (unpaired) electrons. The molecule has 19 nitrogen and oxygen atoms in total. The van der Waals surface area contributed by atoms with E-state index >= 15 is 0 Å². The Hall–Kier alpha value is -0.760. The summed E-state index contributed by atoms with van der Waals surface area (Å²) in [7, 11) is 16.3. The summed E-state index contributed by atoms with van der Waals surface area (Å²) in [6.07, 6.45) is -7.68. The molecule has 4 fully saturated rings. The fourth-order valence-corrected chi connectivity index (χ4v) is 11.1. The van der Waals surface area contributed by atoms with E-state index in [0.717, 1.165) is 6.42 Å². The first-order valence-electron chi connectivity index (χ1n) is 24.3. The first-order valence-corrected chi connectivity index (χ1v) is 24.3. The van der Waals surface area contributed by atoms with Gasteiger partial charge in [0.05, 0.1) is 121 Å². The highest BCUT2D eigenvalue weighted by Gasteiger charge is 2.53. The van der Waals surface area contributed by atoms with Crippen LogP contribution in [-0.2, 0) is 80.5 Å². The van der Waals surface area contributed by atoms with E-state index in [-0.39, 0.29) is 105 Å². The van der Waals surface area contributed by atoms with E-state index in [9.17, 15) is 10.2 Å². The second kappa shape index (κ2) is 28.6. The van der Waals surface area contributed by atoms with Gasteiger partial charge in [-0.1, -0.05) is 41.5 Å². The number of aliphatic hydroxyl groups excluding tert-OH is 2. The van der Waals surface area contributed by atoms with E-state index in [0.29, 0.717) is 19.8 Å². The van der Waals surface area contributed by atoms with E-state index in [2.05, 4.69) is 41.5 Å². The van der Waals surface area contributed by atoms with Crippen LogP contribution in [-0.4, -0.2) is 245 Å². The summed E-state index contributed by atoms with van der Waals surface area (Å²) < 4.78 is 104. The van der Waals surface area contributed by atoms with Gasteiger partial charge in [0, 0.05) is 94.8 Å². The van der Waals surface area contributed by atoms with Crippen LogP contribution in [0.3, 0.4) is 0 Å². The minimum absolute atomic E-state index is 0.0131. The van der Waals surface area contributed by atoms with Crippen molar-refractivity contribution in [2.75, 3.05) is 137 Å². The third-order valence-corrected chi connectivity index (χ3v) is 14.2. The predicted octanol–water partition coefficient (Wildman–Crippen LogP) is 2.45. The third kappa shape index (κ3) is 15.4. The Balaban J connectivity index is 1.39. The molecule has 0 spiro atoms. The van der Waals surface area contributed by atoms with Gasteiger partial charge in [0.15, 0.2) is 0 Å². The van der Waals surface area contributed by atoms with Gasteiger partial charge in [0.25, 0.3) is 0 Å². The van der Waals surface area contributed by atoms with Crippen molar-refractivity contribution in [3.8, 4) is 0 Å². The molecule has 4 aliphatic heterocycles. The maximum atomic E-state index is 11.7. The summed E-state index contributed by atoms with van der Waals surface area (Å²) in [4.78, 5) is 0. The molecule has 0 aromatic rings. The van der Waals surface area contributed by atoms with Crippen LogP contribution in [0.25, 0.3) is 0 Å². The van der Waals surface area contributed by atoms with E-state index in [1.807, 2.05) is 0 Å². The van der Waals surface area contributed by atoms with Crippen molar-refractivity contribution >= 4 is 0 Å². The molecule has 20 unspecified atom stereocenters. The Kier molecular flexibility index (Phi) is 25.2. The molecule has 0 bridgehead atoms. The summed E-state index contributed by atoms with van der Waals surface area (Å²) >= 11 is 0. The van der Waals surface area contributed by atoms with Crippen LogP contribution in [0, 0.1) is 34.5 Å². The quantitative estimate of drug-likeness (QED) is 0.122. The molecule has 4 rings (SSSR count). The monoisotopic (exact) mass is 985 g/mol.